The summed E-state index contributed by atoms with van der Waals surface area (Å²) < 4.78 is 15.0. The van der Waals surface area contributed by atoms with E-state index in [9.17, 15) is 0 Å². The van der Waals surface area contributed by atoms with Crippen LogP contribution in [0, 0.1) is 0 Å². The molecule has 0 aliphatic heterocycles. The lowest BCUT2D eigenvalue weighted by atomic mass is 9.93. The molecule has 0 amide bonds. The SMILES string of the molecule is c1ccc(-c2ccc3oc4ccccc4c3c2)c(-c2ccc3c(c2)sc2cc(N(c4ccc(-c5ccc6ccccc6c5)cc4)c4ccc(-c5cccc6oc7ccccc7c56)cc4)ccc23)c1. The van der Waals surface area contributed by atoms with Crippen LogP contribution in [0.5, 0.6) is 0 Å². The molecule has 0 fully saturated rings. The number of nitrogens with zero attached hydrogens (tertiary/aromatic N) is 1. The molecule has 3 aromatic heterocycles. The first-order valence-corrected chi connectivity index (χ1v) is 23.9. The number of hydrogen-bond acceptors (Lipinski definition) is 4. The van der Waals surface area contributed by atoms with E-state index in [0.29, 0.717) is 0 Å². The second kappa shape index (κ2) is 15.5. The highest BCUT2D eigenvalue weighted by Gasteiger charge is 2.19. The molecule has 0 unspecified atom stereocenters. The first kappa shape index (κ1) is 38.6. The Bertz CT molecular complexity index is 4270. The fourth-order valence-corrected chi connectivity index (χ4v) is 11.6. The Labute approximate surface area is 396 Å². The molecule has 0 atom stereocenters. The minimum absolute atomic E-state index is 0.898. The van der Waals surface area contributed by atoms with Crippen molar-refractivity contribution in [2.75, 3.05) is 4.90 Å². The molecule has 0 saturated heterocycles. The topological polar surface area (TPSA) is 29.5 Å². The van der Waals surface area contributed by atoms with Gasteiger partial charge in [-0.15, -0.1) is 11.3 Å². The predicted octanol–water partition coefficient (Wildman–Crippen LogP) is 19.1. The van der Waals surface area contributed by atoms with Gasteiger partial charge in [-0.1, -0.05) is 158 Å². The van der Waals surface area contributed by atoms with Crippen LogP contribution in [0.25, 0.3) is 119 Å². The van der Waals surface area contributed by atoms with Gasteiger partial charge < -0.3 is 13.7 Å². The maximum absolute atomic E-state index is 6.28. The molecule has 0 aliphatic carbocycles. The Morgan fingerprint density at radius 3 is 1.60 bits per heavy atom. The van der Waals surface area contributed by atoms with Crippen molar-refractivity contribution < 1.29 is 8.83 Å². The van der Waals surface area contributed by atoms with Gasteiger partial charge in [0, 0.05) is 58.8 Å². The third-order valence-electron chi connectivity index (χ3n) is 13.7. The smallest absolute Gasteiger partial charge is 0.136 e. The molecular weight excluding hydrogens is 847 g/mol. The maximum atomic E-state index is 6.28. The number of rotatable bonds is 7. The van der Waals surface area contributed by atoms with Gasteiger partial charge in [-0.25, -0.2) is 0 Å². The normalized spacial score (nSPS) is 11.8. The van der Waals surface area contributed by atoms with Crippen molar-refractivity contribution in [1.82, 2.24) is 0 Å². The highest BCUT2D eigenvalue weighted by molar-refractivity contribution is 7.25. The Hall–Kier alpha value is -8.70. The monoisotopic (exact) mass is 885 g/mol. The molecule has 0 spiro atoms. The second-order valence-corrected chi connectivity index (χ2v) is 18.7. The van der Waals surface area contributed by atoms with Gasteiger partial charge >= 0.3 is 0 Å². The molecular formula is C64H39NO2S. The number of anilines is 3. The molecule has 68 heavy (non-hydrogen) atoms. The van der Waals surface area contributed by atoms with Gasteiger partial charge in [0.1, 0.15) is 22.3 Å². The third-order valence-corrected chi connectivity index (χ3v) is 14.8. The van der Waals surface area contributed by atoms with Gasteiger partial charge in [0.2, 0.25) is 0 Å². The molecule has 3 nitrogen and oxygen atoms in total. The number of furan rings is 2. The van der Waals surface area contributed by atoms with Crippen LogP contribution in [-0.2, 0) is 0 Å². The van der Waals surface area contributed by atoms with E-state index in [1.807, 2.05) is 35.6 Å². The summed E-state index contributed by atoms with van der Waals surface area (Å²) >= 11 is 1.85. The van der Waals surface area contributed by atoms with Gasteiger partial charge in [0.05, 0.1) is 0 Å². The molecule has 11 aromatic carbocycles. The van der Waals surface area contributed by atoms with Crippen molar-refractivity contribution in [2.24, 2.45) is 0 Å². The Morgan fingerprint density at radius 1 is 0.279 bits per heavy atom. The van der Waals surface area contributed by atoms with Crippen LogP contribution in [0.4, 0.5) is 17.1 Å². The van der Waals surface area contributed by atoms with Crippen LogP contribution in [0.2, 0.25) is 0 Å². The second-order valence-electron chi connectivity index (χ2n) is 17.6. The number of benzene rings is 11. The molecule has 14 rings (SSSR count). The molecule has 318 valence electrons. The summed E-state index contributed by atoms with van der Waals surface area (Å²) in [7, 11) is 0. The zero-order valence-corrected chi connectivity index (χ0v) is 37.5. The Kier molecular flexibility index (Phi) is 8.76. The zero-order valence-electron chi connectivity index (χ0n) is 36.7. The van der Waals surface area contributed by atoms with Crippen LogP contribution in [0.3, 0.4) is 0 Å². The lowest BCUT2D eigenvalue weighted by molar-refractivity contribution is 0.668. The van der Waals surface area contributed by atoms with Crippen LogP contribution in [-0.4, -0.2) is 0 Å². The largest absolute Gasteiger partial charge is 0.456 e. The van der Waals surface area contributed by atoms with Gasteiger partial charge in [-0.3, -0.25) is 0 Å². The van der Waals surface area contributed by atoms with Crippen molar-refractivity contribution >= 4 is 103 Å². The van der Waals surface area contributed by atoms with Crippen LogP contribution >= 0.6 is 11.3 Å². The molecule has 0 N–H and O–H groups in total. The highest BCUT2D eigenvalue weighted by atomic mass is 32.1. The first-order chi connectivity index (χ1) is 33.7. The lowest BCUT2D eigenvalue weighted by Crippen LogP contribution is -2.09. The van der Waals surface area contributed by atoms with E-state index >= 15 is 0 Å². The number of fused-ring (bicyclic) bond motifs is 10. The highest BCUT2D eigenvalue weighted by Crippen LogP contribution is 2.45. The summed E-state index contributed by atoms with van der Waals surface area (Å²) in [5, 5.41) is 9.55. The first-order valence-electron chi connectivity index (χ1n) is 23.0. The van der Waals surface area contributed by atoms with Crippen molar-refractivity contribution in [3.63, 3.8) is 0 Å². The molecule has 0 saturated carbocycles. The summed E-state index contributed by atoms with van der Waals surface area (Å²) in [4.78, 5) is 2.38. The fraction of sp³-hybridized carbons (Fsp3) is 0. The summed E-state index contributed by atoms with van der Waals surface area (Å²) in [6, 6.07) is 85.4. The van der Waals surface area contributed by atoms with E-state index in [4.69, 9.17) is 8.83 Å². The van der Waals surface area contributed by atoms with Crippen molar-refractivity contribution in [3.8, 4) is 44.5 Å². The van der Waals surface area contributed by atoms with E-state index in [1.54, 1.807) is 0 Å². The van der Waals surface area contributed by atoms with Crippen molar-refractivity contribution in [2.45, 2.75) is 0 Å². The number of para-hydroxylation sites is 2. The van der Waals surface area contributed by atoms with Gasteiger partial charge in [0.15, 0.2) is 0 Å². The van der Waals surface area contributed by atoms with E-state index in [2.05, 4.69) is 217 Å². The summed E-state index contributed by atoms with van der Waals surface area (Å²) in [5.41, 5.74) is 16.4. The Morgan fingerprint density at radius 2 is 0.809 bits per heavy atom. The average Bonchev–Trinajstić information content (AvgIpc) is 4.10. The molecule has 3 heterocycles. The Balaban J connectivity index is 0.860. The van der Waals surface area contributed by atoms with Crippen molar-refractivity contribution in [3.05, 3.63) is 237 Å². The third kappa shape index (κ3) is 6.34. The van der Waals surface area contributed by atoms with E-state index in [-0.39, 0.29) is 0 Å². The van der Waals surface area contributed by atoms with Gasteiger partial charge in [-0.05, 0) is 134 Å². The molecule has 0 aliphatic rings. The maximum Gasteiger partial charge on any atom is 0.136 e. The van der Waals surface area contributed by atoms with Gasteiger partial charge in [-0.2, -0.15) is 0 Å². The van der Waals surface area contributed by atoms with E-state index in [0.717, 1.165) is 72.1 Å². The lowest BCUT2D eigenvalue weighted by Gasteiger charge is -2.26. The standard InChI is InChI=1S/C64H39NO2S/c1-2-11-43-36-44(21-20-40(43)10-1)41-22-28-47(29-23-41)65(48-30-24-42(25-31-48)52-16-9-19-61-64(52)56-15-6-8-18-59(56)67-61)49-32-34-55-54-33-26-46(38-62(54)68-63(55)39-49)51-13-4-3-12-50(51)45-27-35-60-57(37-45)53-14-5-7-17-58(53)66-60/h1-39H. The van der Waals surface area contributed by atoms with E-state index < -0.39 is 0 Å². The quantitative estimate of drug-likeness (QED) is 0.160. The van der Waals surface area contributed by atoms with Crippen LogP contribution < -0.4 is 4.90 Å². The van der Waals surface area contributed by atoms with E-state index in [1.165, 1.54) is 64.3 Å². The predicted molar refractivity (Wildman–Crippen MR) is 288 cm³/mol. The summed E-state index contributed by atoms with van der Waals surface area (Å²) in [6.45, 7) is 0. The number of thiophene rings is 1. The number of hydrogen-bond donors (Lipinski definition) is 0. The molecule has 4 heteroatoms. The summed E-state index contributed by atoms with van der Waals surface area (Å²) in [6.07, 6.45) is 0. The van der Waals surface area contributed by atoms with Crippen LogP contribution in [0.15, 0.2) is 245 Å². The fourth-order valence-electron chi connectivity index (χ4n) is 10.4. The molecule has 0 bridgehead atoms. The van der Waals surface area contributed by atoms with Crippen LogP contribution in [0.1, 0.15) is 0 Å². The molecule has 14 aromatic rings. The minimum Gasteiger partial charge on any atom is -0.456 e. The average molecular weight is 886 g/mol. The zero-order chi connectivity index (χ0) is 44.7. The van der Waals surface area contributed by atoms with Crippen molar-refractivity contribution in [1.29, 1.82) is 0 Å². The minimum atomic E-state index is 0.898. The molecule has 0 radical (unpaired) electrons. The summed E-state index contributed by atoms with van der Waals surface area (Å²) in [5.74, 6) is 0. The van der Waals surface area contributed by atoms with Gasteiger partial charge in [0.25, 0.3) is 0 Å².